The Balaban J connectivity index is 2.14. The number of aromatic nitrogens is 1. The second-order valence-electron chi connectivity index (χ2n) is 5.68. The summed E-state index contributed by atoms with van der Waals surface area (Å²) >= 11 is 0. The van der Waals surface area contributed by atoms with E-state index in [4.69, 9.17) is 4.74 Å². The number of nitrogens with one attached hydrogen (secondary N) is 1. The Morgan fingerprint density at radius 1 is 1.15 bits per heavy atom. The predicted molar refractivity (Wildman–Crippen MR) is 100 cm³/mol. The van der Waals surface area contributed by atoms with Crippen LogP contribution in [0.5, 0.6) is 5.75 Å². The van der Waals surface area contributed by atoms with Gasteiger partial charge in [0.15, 0.2) is 0 Å². The number of H-pyrrole nitrogens is 1. The first kappa shape index (κ1) is 17.9. The maximum atomic E-state index is 12.4. The average molecular weight is 361 g/mol. The Kier molecular flexibility index (Phi) is 4.99. The van der Waals surface area contributed by atoms with Crippen LogP contribution in [0, 0.1) is 21.4 Å². The Morgan fingerprint density at radius 3 is 2.52 bits per heavy atom. The summed E-state index contributed by atoms with van der Waals surface area (Å²) in [5.41, 5.74) is 1.25. The molecule has 0 bridgehead atoms. The number of non-ortho nitro benzene ring substituents is 1. The van der Waals surface area contributed by atoms with E-state index in [9.17, 15) is 20.2 Å². The van der Waals surface area contributed by atoms with Crippen LogP contribution in [-0.4, -0.2) is 16.5 Å². The first-order valence-electron chi connectivity index (χ1n) is 8.19. The molecule has 1 aromatic heterocycles. The molecule has 0 saturated carbocycles. The van der Waals surface area contributed by atoms with Gasteiger partial charge in [-0.15, -0.1) is 0 Å². The van der Waals surface area contributed by atoms with Crippen molar-refractivity contribution >= 4 is 5.69 Å². The molecule has 3 aromatic rings. The fourth-order valence-electron chi connectivity index (χ4n) is 2.74. The maximum Gasteiger partial charge on any atom is 0.270 e. The first-order valence-corrected chi connectivity index (χ1v) is 8.19. The second kappa shape index (κ2) is 7.54. The van der Waals surface area contributed by atoms with Crippen molar-refractivity contribution in [1.29, 1.82) is 5.26 Å². The van der Waals surface area contributed by atoms with Crippen molar-refractivity contribution in [2.24, 2.45) is 0 Å². The molecule has 0 fully saturated rings. The van der Waals surface area contributed by atoms with Crippen molar-refractivity contribution in [3.8, 4) is 34.2 Å². The van der Waals surface area contributed by atoms with E-state index in [1.54, 1.807) is 36.4 Å². The molecule has 0 radical (unpaired) electrons. The number of nitro groups is 1. The van der Waals surface area contributed by atoms with Gasteiger partial charge >= 0.3 is 0 Å². The summed E-state index contributed by atoms with van der Waals surface area (Å²) in [6.45, 7) is 2.43. The van der Waals surface area contributed by atoms with Gasteiger partial charge in [-0.1, -0.05) is 12.1 Å². The van der Waals surface area contributed by atoms with Gasteiger partial charge in [-0.05, 0) is 48.4 Å². The van der Waals surface area contributed by atoms with Gasteiger partial charge < -0.3 is 9.72 Å². The van der Waals surface area contributed by atoms with Gasteiger partial charge in [0.25, 0.3) is 11.2 Å². The van der Waals surface area contributed by atoms with Gasteiger partial charge in [-0.25, -0.2) is 0 Å². The lowest BCUT2D eigenvalue weighted by molar-refractivity contribution is -0.384. The lowest BCUT2D eigenvalue weighted by Crippen LogP contribution is -2.12. The van der Waals surface area contributed by atoms with Crippen molar-refractivity contribution in [3.63, 3.8) is 0 Å². The zero-order valence-electron chi connectivity index (χ0n) is 14.4. The molecule has 0 unspecified atom stereocenters. The molecule has 27 heavy (non-hydrogen) atoms. The summed E-state index contributed by atoms with van der Waals surface area (Å²) in [6.07, 6.45) is 0. The number of nitriles is 1. The summed E-state index contributed by atoms with van der Waals surface area (Å²) in [7, 11) is 0. The van der Waals surface area contributed by atoms with Crippen LogP contribution in [0.4, 0.5) is 5.69 Å². The van der Waals surface area contributed by atoms with Crippen LogP contribution >= 0.6 is 0 Å². The smallest absolute Gasteiger partial charge is 0.270 e. The molecule has 134 valence electrons. The molecule has 2 aromatic carbocycles. The zero-order valence-corrected chi connectivity index (χ0v) is 14.4. The highest BCUT2D eigenvalue weighted by molar-refractivity contribution is 5.76. The molecule has 0 spiro atoms. The van der Waals surface area contributed by atoms with Gasteiger partial charge in [0.05, 0.1) is 11.5 Å². The molecule has 1 N–H and O–H groups in total. The number of hydrogen-bond acceptors (Lipinski definition) is 5. The van der Waals surface area contributed by atoms with Crippen LogP contribution in [0.3, 0.4) is 0 Å². The summed E-state index contributed by atoms with van der Waals surface area (Å²) in [5.74, 6) is 0.705. The summed E-state index contributed by atoms with van der Waals surface area (Å²) < 4.78 is 5.41. The van der Waals surface area contributed by atoms with Crippen molar-refractivity contribution in [3.05, 3.63) is 80.6 Å². The molecule has 1 heterocycles. The van der Waals surface area contributed by atoms with Crippen LogP contribution in [0.1, 0.15) is 12.5 Å². The number of hydrogen-bond donors (Lipinski definition) is 1. The van der Waals surface area contributed by atoms with Crippen molar-refractivity contribution in [2.45, 2.75) is 6.92 Å². The Morgan fingerprint density at radius 2 is 1.89 bits per heavy atom. The third-order valence-corrected chi connectivity index (χ3v) is 3.99. The van der Waals surface area contributed by atoms with E-state index in [0.717, 1.165) is 5.56 Å². The molecular formula is C20H15N3O4. The number of benzene rings is 2. The summed E-state index contributed by atoms with van der Waals surface area (Å²) in [6, 6.07) is 16.5. The highest BCUT2D eigenvalue weighted by atomic mass is 16.6. The summed E-state index contributed by atoms with van der Waals surface area (Å²) in [5, 5.41) is 20.4. The topological polar surface area (TPSA) is 109 Å². The minimum atomic E-state index is -0.551. The molecule has 0 aliphatic carbocycles. The van der Waals surface area contributed by atoms with E-state index in [1.165, 1.54) is 18.2 Å². The van der Waals surface area contributed by atoms with Gasteiger partial charge in [0.1, 0.15) is 17.4 Å². The van der Waals surface area contributed by atoms with Crippen LogP contribution in [0.15, 0.2) is 59.4 Å². The highest BCUT2D eigenvalue weighted by Crippen LogP contribution is 2.29. The number of rotatable bonds is 5. The number of ether oxygens (including phenoxy) is 1. The molecule has 0 atom stereocenters. The minimum Gasteiger partial charge on any atom is -0.494 e. The van der Waals surface area contributed by atoms with Crippen LogP contribution in [-0.2, 0) is 0 Å². The van der Waals surface area contributed by atoms with E-state index in [2.05, 4.69) is 4.98 Å². The fourth-order valence-corrected chi connectivity index (χ4v) is 2.74. The third kappa shape index (κ3) is 3.70. The van der Waals surface area contributed by atoms with Crippen molar-refractivity contribution in [2.75, 3.05) is 6.61 Å². The van der Waals surface area contributed by atoms with Crippen molar-refractivity contribution < 1.29 is 9.66 Å². The second-order valence-corrected chi connectivity index (χ2v) is 5.68. The van der Waals surface area contributed by atoms with Gasteiger partial charge in [0.2, 0.25) is 0 Å². The summed E-state index contributed by atoms with van der Waals surface area (Å²) in [4.78, 5) is 25.6. The predicted octanol–water partition coefficient (Wildman–Crippen LogP) is 3.89. The Labute approximate surface area is 154 Å². The van der Waals surface area contributed by atoms with Crippen LogP contribution < -0.4 is 10.3 Å². The van der Waals surface area contributed by atoms with Gasteiger partial charge in [-0.2, -0.15) is 5.26 Å². The standard InChI is InChI=1S/C20H15N3O4/c1-2-27-16-8-6-13(7-9-16)19-11-17(18(12-21)20(24)22-19)14-4-3-5-15(10-14)23(25)26/h3-11H,2H2,1H3,(H,22,24). The zero-order chi connectivity index (χ0) is 19.4. The number of nitrogens with zero attached hydrogens (tertiary/aromatic N) is 2. The van der Waals surface area contributed by atoms with Gasteiger partial charge in [-0.3, -0.25) is 14.9 Å². The minimum absolute atomic E-state index is 0.0924. The first-order chi connectivity index (χ1) is 13.0. The monoisotopic (exact) mass is 361 g/mol. The van der Waals surface area contributed by atoms with E-state index >= 15 is 0 Å². The highest BCUT2D eigenvalue weighted by Gasteiger charge is 2.15. The van der Waals surface area contributed by atoms with E-state index in [1.807, 2.05) is 13.0 Å². The maximum absolute atomic E-state index is 12.4. The van der Waals surface area contributed by atoms with Crippen LogP contribution in [0.25, 0.3) is 22.4 Å². The average Bonchev–Trinajstić information content (AvgIpc) is 2.68. The number of pyridine rings is 1. The van der Waals surface area contributed by atoms with E-state index in [0.29, 0.717) is 29.2 Å². The van der Waals surface area contributed by atoms with Gasteiger partial charge in [0, 0.05) is 23.4 Å². The molecular weight excluding hydrogens is 346 g/mol. The lowest BCUT2D eigenvalue weighted by Gasteiger charge is -2.09. The van der Waals surface area contributed by atoms with E-state index < -0.39 is 10.5 Å². The van der Waals surface area contributed by atoms with Crippen molar-refractivity contribution in [1.82, 2.24) is 4.98 Å². The van der Waals surface area contributed by atoms with E-state index in [-0.39, 0.29) is 11.3 Å². The molecule has 7 heteroatoms. The largest absolute Gasteiger partial charge is 0.494 e. The number of aromatic amines is 1. The molecule has 0 amide bonds. The molecule has 3 rings (SSSR count). The normalized spacial score (nSPS) is 10.2. The number of nitro benzene ring substituents is 1. The quantitative estimate of drug-likeness (QED) is 0.548. The molecule has 0 aliphatic rings. The lowest BCUT2D eigenvalue weighted by atomic mass is 9.98. The molecule has 0 saturated heterocycles. The molecule has 0 aliphatic heterocycles. The SMILES string of the molecule is CCOc1ccc(-c2cc(-c3cccc([N+](=O)[O-])c3)c(C#N)c(=O)[nH]2)cc1. The molecule has 7 nitrogen and oxygen atoms in total. The Bertz CT molecular complexity index is 1100. The Hall–Kier alpha value is -3.92. The third-order valence-electron chi connectivity index (χ3n) is 3.99. The fraction of sp³-hybridized carbons (Fsp3) is 0.100. The van der Waals surface area contributed by atoms with Crippen LogP contribution in [0.2, 0.25) is 0 Å².